The maximum Gasteiger partial charge on any atom is 0.296 e. The molecule has 0 unspecified atom stereocenters. The Kier molecular flexibility index (Phi) is 7.44. The monoisotopic (exact) mass is 539 g/mol. The van der Waals surface area contributed by atoms with E-state index in [1.807, 2.05) is 6.92 Å². The summed E-state index contributed by atoms with van der Waals surface area (Å²) in [6.07, 6.45) is 0.473. The van der Waals surface area contributed by atoms with E-state index in [4.69, 9.17) is 16.3 Å². The zero-order valence-corrected chi connectivity index (χ0v) is 21.3. The molecule has 0 aliphatic rings. The van der Waals surface area contributed by atoms with Crippen molar-refractivity contribution in [3.8, 4) is 11.5 Å². The van der Waals surface area contributed by atoms with Gasteiger partial charge >= 0.3 is 0 Å². The molecule has 0 aromatic heterocycles. The summed E-state index contributed by atoms with van der Waals surface area (Å²) in [6, 6.07) is 17.7. The third kappa shape index (κ3) is 5.41. The predicted octanol–water partition coefficient (Wildman–Crippen LogP) is 6.68. The Morgan fingerprint density at radius 1 is 1.03 bits per heavy atom. The van der Waals surface area contributed by atoms with Crippen LogP contribution in [0.25, 0.3) is 10.8 Å². The number of fused-ring (bicyclic) bond motifs is 1. The fraction of sp³-hybridized carbons (Fsp3) is 0.115. The standard InChI is InChI=1S/C26H22ClN3O6S/c1-3-15-11-12-21(37(33,34)35)24(22(15)27)30-29-23-19-10-5-4-7-16(19)13-20(25(23)31)26(32)28-17-8-6-9-18(14-17)36-2/h4-14,31H,3H2,1-2H3,(H,28,32)(H,33,34,35). The predicted molar refractivity (Wildman–Crippen MR) is 141 cm³/mol. The van der Waals surface area contributed by atoms with Gasteiger partial charge in [0.2, 0.25) is 0 Å². The molecular formula is C26H22ClN3O6S. The first-order valence-electron chi connectivity index (χ1n) is 11.0. The zero-order valence-electron chi connectivity index (χ0n) is 19.8. The highest BCUT2D eigenvalue weighted by Gasteiger charge is 2.22. The van der Waals surface area contributed by atoms with Crippen LogP contribution in [0.1, 0.15) is 22.8 Å². The molecule has 0 spiro atoms. The van der Waals surface area contributed by atoms with E-state index in [1.54, 1.807) is 48.5 Å². The summed E-state index contributed by atoms with van der Waals surface area (Å²) < 4.78 is 38.7. The van der Waals surface area contributed by atoms with Gasteiger partial charge in [0.1, 0.15) is 22.0 Å². The average molecular weight is 540 g/mol. The summed E-state index contributed by atoms with van der Waals surface area (Å²) in [5.41, 5.74) is 0.592. The third-order valence-electron chi connectivity index (χ3n) is 5.64. The molecule has 0 atom stereocenters. The van der Waals surface area contributed by atoms with E-state index >= 15 is 0 Å². The van der Waals surface area contributed by atoms with Crippen molar-refractivity contribution >= 4 is 55.5 Å². The molecule has 0 aliphatic carbocycles. The number of benzene rings is 4. The van der Waals surface area contributed by atoms with Gasteiger partial charge in [0, 0.05) is 17.1 Å². The van der Waals surface area contributed by atoms with Crippen molar-refractivity contribution in [3.63, 3.8) is 0 Å². The highest BCUT2D eigenvalue weighted by atomic mass is 35.5. The molecule has 9 nitrogen and oxygen atoms in total. The number of phenolic OH excluding ortho intramolecular Hbond substituents is 1. The Balaban J connectivity index is 1.85. The van der Waals surface area contributed by atoms with Gasteiger partial charge < -0.3 is 15.2 Å². The number of methoxy groups -OCH3 is 1. The highest BCUT2D eigenvalue weighted by Crippen LogP contribution is 2.42. The van der Waals surface area contributed by atoms with Crippen LogP contribution in [0, 0.1) is 0 Å². The maximum absolute atomic E-state index is 13.1. The van der Waals surface area contributed by atoms with Gasteiger partial charge in [-0.3, -0.25) is 9.35 Å². The van der Waals surface area contributed by atoms with Crippen LogP contribution in [-0.2, 0) is 16.5 Å². The van der Waals surface area contributed by atoms with Gasteiger partial charge in [-0.25, -0.2) is 0 Å². The molecule has 1 amide bonds. The van der Waals surface area contributed by atoms with Gasteiger partial charge in [-0.05, 0) is 41.6 Å². The summed E-state index contributed by atoms with van der Waals surface area (Å²) in [7, 11) is -3.17. The van der Waals surface area contributed by atoms with Crippen molar-refractivity contribution in [3.05, 3.63) is 82.9 Å². The van der Waals surface area contributed by atoms with Crippen molar-refractivity contribution in [1.82, 2.24) is 0 Å². The lowest BCUT2D eigenvalue weighted by Crippen LogP contribution is -2.12. The van der Waals surface area contributed by atoms with Crippen molar-refractivity contribution in [1.29, 1.82) is 0 Å². The largest absolute Gasteiger partial charge is 0.505 e. The number of carbonyl (C=O) groups excluding carboxylic acids is 1. The van der Waals surface area contributed by atoms with Crippen molar-refractivity contribution < 1.29 is 27.6 Å². The minimum atomic E-state index is -4.67. The molecule has 0 saturated heterocycles. The van der Waals surface area contributed by atoms with Crippen LogP contribution < -0.4 is 10.1 Å². The summed E-state index contributed by atoms with van der Waals surface area (Å²) in [5.74, 6) is -0.549. The number of aromatic hydroxyl groups is 1. The Morgan fingerprint density at radius 2 is 1.76 bits per heavy atom. The van der Waals surface area contributed by atoms with Crippen LogP contribution in [0.5, 0.6) is 11.5 Å². The molecule has 0 fully saturated rings. The second-order valence-corrected chi connectivity index (χ2v) is 9.71. The minimum Gasteiger partial charge on any atom is -0.505 e. The molecule has 37 heavy (non-hydrogen) atoms. The summed E-state index contributed by atoms with van der Waals surface area (Å²) in [5, 5.41) is 22.9. The molecule has 0 aliphatic heterocycles. The lowest BCUT2D eigenvalue weighted by atomic mass is 10.0. The number of anilines is 1. The number of halogens is 1. The molecule has 0 radical (unpaired) electrons. The van der Waals surface area contributed by atoms with Crippen LogP contribution in [0.15, 0.2) is 81.9 Å². The SMILES string of the molecule is CCc1ccc(S(=O)(=O)O)c(N=Nc2c(O)c(C(=O)Nc3cccc(OC)c3)cc3ccccc23)c1Cl. The molecule has 3 N–H and O–H groups in total. The quantitative estimate of drug-likeness (QED) is 0.177. The Labute approximate surface area is 218 Å². The molecule has 0 bridgehead atoms. The molecule has 4 aromatic carbocycles. The van der Waals surface area contributed by atoms with E-state index in [1.165, 1.54) is 25.3 Å². The fourth-order valence-electron chi connectivity index (χ4n) is 3.75. The first-order chi connectivity index (χ1) is 17.6. The number of aryl methyl sites for hydroxylation is 1. The molecular weight excluding hydrogens is 518 g/mol. The number of carbonyl (C=O) groups is 1. The van der Waals surface area contributed by atoms with Crippen LogP contribution in [0.3, 0.4) is 0 Å². The minimum absolute atomic E-state index is 0.00269. The first-order valence-corrected chi connectivity index (χ1v) is 12.9. The lowest BCUT2D eigenvalue weighted by molar-refractivity contribution is 0.102. The Bertz CT molecular complexity index is 1650. The maximum atomic E-state index is 13.1. The van der Waals surface area contributed by atoms with E-state index < -0.39 is 26.7 Å². The normalized spacial score (nSPS) is 11.7. The average Bonchev–Trinajstić information content (AvgIpc) is 2.87. The number of hydrogen-bond donors (Lipinski definition) is 3. The smallest absolute Gasteiger partial charge is 0.296 e. The van der Waals surface area contributed by atoms with E-state index in [0.717, 1.165) is 0 Å². The van der Waals surface area contributed by atoms with E-state index in [2.05, 4.69) is 15.5 Å². The third-order valence-corrected chi connectivity index (χ3v) is 6.94. The van der Waals surface area contributed by atoms with E-state index in [0.29, 0.717) is 34.2 Å². The molecule has 190 valence electrons. The highest BCUT2D eigenvalue weighted by molar-refractivity contribution is 7.86. The van der Waals surface area contributed by atoms with E-state index in [9.17, 15) is 22.9 Å². The van der Waals surface area contributed by atoms with Gasteiger partial charge in [0.25, 0.3) is 16.0 Å². The number of amides is 1. The Morgan fingerprint density at radius 3 is 2.46 bits per heavy atom. The number of ether oxygens (including phenoxy) is 1. The summed E-state index contributed by atoms with van der Waals surface area (Å²) in [4.78, 5) is 12.6. The number of hydrogen-bond acceptors (Lipinski definition) is 7. The van der Waals surface area contributed by atoms with E-state index in [-0.39, 0.29) is 22.0 Å². The number of azo groups is 1. The van der Waals surface area contributed by atoms with Gasteiger partial charge in [-0.15, -0.1) is 10.2 Å². The fourth-order valence-corrected chi connectivity index (χ4v) is 4.77. The molecule has 4 rings (SSSR count). The van der Waals surface area contributed by atoms with Crippen LogP contribution in [-0.4, -0.2) is 31.1 Å². The molecule has 0 saturated carbocycles. The van der Waals surface area contributed by atoms with Crippen LogP contribution >= 0.6 is 11.6 Å². The zero-order chi connectivity index (χ0) is 26.7. The summed E-state index contributed by atoms with van der Waals surface area (Å²) >= 11 is 6.37. The van der Waals surface area contributed by atoms with Gasteiger partial charge in [0.05, 0.1) is 17.7 Å². The van der Waals surface area contributed by atoms with Crippen molar-refractivity contribution in [2.45, 2.75) is 18.2 Å². The van der Waals surface area contributed by atoms with Crippen LogP contribution in [0.4, 0.5) is 17.1 Å². The lowest BCUT2D eigenvalue weighted by Gasteiger charge is -2.12. The van der Waals surface area contributed by atoms with Gasteiger partial charge in [-0.2, -0.15) is 8.42 Å². The number of rotatable bonds is 7. The van der Waals surface area contributed by atoms with Gasteiger partial charge in [0.15, 0.2) is 5.75 Å². The topological polar surface area (TPSA) is 138 Å². The van der Waals surface area contributed by atoms with Crippen molar-refractivity contribution in [2.24, 2.45) is 10.2 Å². The molecule has 11 heteroatoms. The van der Waals surface area contributed by atoms with Crippen molar-refractivity contribution in [2.75, 3.05) is 12.4 Å². The van der Waals surface area contributed by atoms with Crippen LogP contribution in [0.2, 0.25) is 5.02 Å². The second-order valence-electron chi connectivity index (χ2n) is 7.94. The second kappa shape index (κ2) is 10.6. The number of nitrogens with one attached hydrogen (secondary N) is 1. The molecule has 4 aromatic rings. The Hall–Kier alpha value is -3.99. The molecule has 0 heterocycles. The number of phenols is 1. The van der Waals surface area contributed by atoms with Gasteiger partial charge in [-0.1, -0.05) is 54.9 Å². The summed E-state index contributed by atoms with van der Waals surface area (Å²) in [6.45, 7) is 1.82. The first kappa shape index (κ1) is 26.1. The number of nitrogens with zero attached hydrogens (tertiary/aromatic N) is 2.